The maximum absolute atomic E-state index is 9.61. The largest absolute Gasteiger partial charge is 0.393 e. The molecule has 1 unspecified atom stereocenters. The van der Waals surface area contributed by atoms with Crippen LogP contribution in [0.4, 0.5) is 5.82 Å². The molecule has 1 atom stereocenters. The van der Waals surface area contributed by atoms with E-state index in [1.165, 1.54) is 0 Å². The molecule has 5 heteroatoms. The molecule has 0 radical (unpaired) electrons. The van der Waals surface area contributed by atoms with Crippen molar-refractivity contribution >= 4 is 17.4 Å². The first-order valence-corrected chi connectivity index (χ1v) is 6.80. The molecule has 0 amide bonds. The van der Waals surface area contributed by atoms with Crippen molar-refractivity contribution < 1.29 is 5.11 Å². The summed E-state index contributed by atoms with van der Waals surface area (Å²) in [5.41, 5.74) is 0.942. The predicted octanol–water partition coefficient (Wildman–Crippen LogP) is 2.34. The van der Waals surface area contributed by atoms with Gasteiger partial charge in [-0.3, -0.25) is 0 Å². The zero-order chi connectivity index (χ0) is 13.3. The van der Waals surface area contributed by atoms with Crippen molar-refractivity contribution in [2.45, 2.75) is 39.7 Å². The Bertz CT molecular complexity index is 428. The number of aryl methyl sites for hydroxylation is 1. The van der Waals surface area contributed by atoms with E-state index in [1.807, 2.05) is 20.8 Å². The van der Waals surface area contributed by atoms with Gasteiger partial charge in [-0.2, -0.15) is 0 Å². The molecule has 0 bridgehead atoms. The van der Waals surface area contributed by atoms with Crippen LogP contribution in [0.2, 0.25) is 5.15 Å². The highest BCUT2D eigenvalue weighted by atomic mass is 35.5. The fourth-order valence-electron chi connectivity index (χ4n) is 2.48. The molecule has 1 aromatic heterocycles. The van der Waals surface area contributed by atoms with E-state index >= 15 is 0 Å². The van der Waals surface area contributed by atoms with Gasteiger partial charge in [0.15, 0.2) is 0 Å². The number of hydrogen-bond acceptors (Lipinski definition) is 4. The lowest BCUT2D eigenvalue weighted by molar-refractivity contribution is 0.109. The minimum atomic E-state index is -0.219. The van der Waals surface area contributed by atoms with Gasteiger partial charge in [-0.1, -0.05) is 11.6 Å². The highest BCUT2D eigenvalue weighted by molar-refractivity contribution is 6.30. The zero-order valence-electron chi connectivity index (χ0n) is 11.1. The van der Waals surface area contributed by atoms with Crippen LogP contribution in [0.3, 0.4) is 0 Å². The van der Waals surface area contributed by atoms with Gasteiger partial charge in [0.1, 0.15) is 16.8 Å². The standard InChI is InChI=1S/C13H20ClN3O/c1-8-12(14)15-10(3)16-13(8)17-6-4-11(5-7-17)9(2)18/h9,11,18H,4-7H2,1-3H3. The highest BCUT2D eigenvalue weighted by Gasteiger charge is 2.24. The van der Waals surface area contributed by atoms with Crippen LogP contribution in [0.15, 0.2) is 0 Å². The summed E-state index contributed by atoms with van der Waals surface area (Å²) in [6.07, 6.45) is 1.78. The second-order valence-corrected chi connectivity index (χ2v) is 5.43. The summed E-state index contributed by atoms with van der Waals surface area (Å²) in [5.74, 6) is 2.05. The van der Waals surface area contributed by atoms with E-state index in [0.29, 0.717) is 16.9 Å². The third-order valence-corrected chi connectivity index (χ3v) is 4.06. The Balaban J connectivity index is 2.15. The molecule has 18 heavy (non-hydrogen) atoms. The van der Waals surface area contributed by atoms with E-state index in [4.69, 9.17) is 11.6 Å². The van der Waals surface area contributed by atoms with E-state index in [1.54, 1.807) is 0 Å². The van der Waals surface area contributed by atoms with Crippen molar-refractivity contribution in [3.63, 3.8) is 0 Å². The van der Waals surface area contributed by atoms with E-state index in [0.717, 1.165) is 37.3 Å². The van der Waals surface area contributed by atoms with Crippen LogP contribution < -0.4 is 4.90 Å². The molecule has 1 fully saturated rings. The fourth-order valence-corrected chi connectivity index (χ4v) is 2.69. The Morgan fingerprint density at radius 2 is 1.89 bits per heavy atom. The molecule has 1 saturated heterocycles. The van der Waals surface area contributed by atoms with Crippen LogP contribution in [-0.4, -0.2) is 34.3 Å². The summed E-state index contributed by atoms with van der Waals surface area (Å²) < 4.78 is 0. The normalized spacial score (nSPS) is 19.1. The first-order valence-electron chi connectivity index (χ1n) is 6.42. The Morgan fingerprint density at radius 1 is 1.28 bits per heavy atom. The minimum Gasteiger partial charge on any atom is -0.393 e. The van der Waals surface area contributed by atoms with E-state index in [-0.39, 0.29) is 6.10 Å². The molecule has 100 valence electrons. The van der Waals surface area contributed by atoms with Gasteiger partial charge in [-0.25, -0.2) is 9.97 Å². The second kappa shape index (κ2) is 5.41. The molecule has 4 nitrogen and oxygen atoms in total. The van der Waals surface area contributed by atoms with E-state index in [9.17, 15) is 5.11 Å². The first kappa shape index (κ1) is 13.6. The van der Waals surface area contributed by atoms with Crippen LogP contribution in [0, 0.1) is 19.8 Å². The molecule has 0 aromatic carbocycles. The number of nitrogens with zero attached hydrogens (tertiary/aromatic N) is 3. The molecule has 1 N–H and O–H groups in total. The Morgan fingerprint density at radius 3 is 2.44 bits per heavy atom. The quantitative estimate of drug-likeness (QED) is 0.838. The van der Waals surface area contributed by atoms with E-state index in [2.05, 4.69) is 14.9 Å². The molecule has 0 saturated carbocycles. The highest BCUT2D eigenvalue weighted by Crippen LogP contribution is 2.28. The Kier molecular flexibility index (Phi) is 4.07. The minimum absolute atomic E-state index is 0.219. The molecule has 1 aliphatic rings. The Hall–Kier alpha value is -0.870. The number of rotatable bonds is 2. The number of hydrogen-bond donors (Lipinski definition) is 1. The van der Waals surface area contributed by atoms with Gasteiger partial charge < -0.3 is 10.0 Å². The number of aliphatic hydroxyl groups is 1. The summed E-state index contributed by atoms with van der Waals surface area (Å²) in [7, 11) is 0. The lowest BCUT2D eigenvalue weighted by Gasteiger charge is -2.34. The molecule has 2 rings (SSSR count). The van der Waals surface area contributed by atoms with Gasteiger partial charge in [-0.05, 0) is 39.5 Å². The summed E-state index contributed by atoms with van der Waals surface area (Å²) in [5, 5.41) is 10.1. The third-order valence-electron chi connectivity index (χ3n) is 3.69. The lowest BCUT2D eigenvalue weighted by Crippen LogP contribution is -2.38. The van der Waals surface area contributed by atoms with E-state index < -0.39 is 0 Å². The van der Waals surface area contributed by atoms with Crippen LogP contribution in [0.25, 0.3) is 0 Å². The van der Waals surface area contributed by atoms with Crippen molar-refractivity contribution in [1.29, 1.82) is 0 Å². The number of anilines is 1. The zero-order valence-corrected chi connectivity index (χ0v) is 11.9. The number of aromatic nitrogens is 2. The molecule has 1 aromatic rings. The number of halogens is 1. The molecular formula is C13H20ClN3O. The summed E-state index contributed by atoms with van der Waals surface area (Å²) in [4.78, 5) is 10.9. The Labute approximate surface area is 113 Å². The maximum atomic E-state index is 9.61. The van der Waals surface area contributed by atoms with Crippen molar-refractivity contribution in [2.24, 2.45) is 5.92 Å². The smallest absolute Gasteiger partial charge is 0.137 e. The van der Waals surface area contributed by atoms with Crippen LogP contribution in [0.1, 0.15) is 31.2 Å². The predicted molar refractivity (Wildman–Crippen MR) is 73.1 cm³/mol. The van der Waals surface area contributed by atoms with Crippen LogP contribution >= 0.6 is 11.6 Å². The second-order valence-electron chi connectivity index (χ2n) is 5.08. The SMILES string of the molecule is Cc1nc(Cl)c(C)c(N2CCC(C(C)O)CC2)n1. The van der Waals surface area contributed by atoms with Crippen LogP contribution in [0.5, 0.6) is 0 Å². The maximum Gasteiger partial charge on any atom is 0.137 e. The van der Waals surface area contributed by atoms with Crippen molar-refractivity contribution in [2.75, 3.05) is 18.0 Å². The average Bonchev–Trinajstić information content (AvgIpc) is 2.34. The van der Waals surface area contributed by atoms with Gasteiger partial charge in [-0.15, -0.1) is 0 Å². The molecule has 0 spiro atoms. The van der Waals surface area contributed by atoms with Gasteiger partial charge in [0.2, 0.25) is 0 Å². The van der Waals surface area contributed by atoms with Gasteiger partial charge in [0.25, 0.3) is 0 Å². The van der Waals surface area contributed by atoms with Crippen LogP contribution in [-0.2, 0) is 0 Å². The summed E-state index contributed by atoms with van der Waals surface area (Å²) >= 11 is 6.10. The third kappa shape index (κ3) is 2.75. The van der Waals surface area contributed by atoms with Gasteiger partial charge in [0.05, 0.1) is 6.10 Å². The molecular weight excluding hydrogens is 250 g/mol. The molecule has 2 heterocycles. The summed E-state index contributed by atoms with van der Waals surface area (Å²) in [6.45, 7) is 7.53. The molecule has 0 aliphatic carbocycles. The lowest BCUT2D eigenvalue weighted by atomic mass is 9.92. The number of piperidine rings is 1. The van der Waals surface area contributed by atoms with Crippen molar-refractivity contribution in [3.05, 3.63) is 16.5 Å². The number of aliphatic hydroxyl groups excluding tert-OH is 1. The average molecular weight is 270 g/mol. The first-order chi connectivity index (χ1) is 8.49. The van der Waals surface area contributed by atoms with Crippen molar-refractivity contribution in [1.82, 2.24) is 9.97 Å². The van der Waals surface area contributed by atoms with Gasteiger partial charge in [0, 0.05) is 18.7 Å². The summed E-state index contributed by atoms with van der Waals surface area (Å²) in [6, 6.07) is 0. The molecule has 1 aliphatic heterocycles. The monoisotopic (exact) mass is 269 g/mol. The van der Waals surface area contributed by atoms with Crippen molar-refractivity contribution in [3.8, 4) is 0 Å². The topological polar surface area (TPSA) is 49.2 Å². The van der Waals surface area contributed by atoms with Gasteiger partial charge >= 0.3 is 0 Å². The fraction of sp³-hybridized carbons (Fsp3) is 0.692.